The van der Waals surface area contributed by atoms with Crippen molar-refractivity contribution >= 4 is 0 Å². The summed E-state index contributed by atoms with van der Waals surface area (Å²) < 4.78 is 6.18. The predicted molar refractivity (Wildman–Crippen MR) is 72.7 cm³/mol. The molecular formula is C14H28N2O2. The standard InChI is InChI=1S/C14H28N2O2/c1-14(2,17)11-16-9-5-13(6-10-16)18-12-3-7-15-8-4-12/h12-13,15,17H,3-11H2,1-2H3. The number of ether oxygens (including phenoxy) is 1. The second kappa shape index (κ2) is 6.33. The molecule has 0 radical (unpaired) electrons. The number of hydrogen-bond donors (Lipinski definition) is 2. The Balaban J connectivity index is 1.66. The number of rotatable bonds is 4. The van der Waals surface area contributed by atoms with Crippen LogP contribution in [-0.4, -0.2) is 60.5 Å². The highest BCUT2D eigenvalue weighted by molar-refractivity contribution is 4.79. The first-order chi connectivity index (χ1) is 8.53. The van der Waals surface area contributed by atoms with Gasteiger partial charge in [0.05, 0.1) is 17.8 Å². The summed E-state index contributed by atoms with van der Waals surface area (Å²) in [5.74, 6) is 0. The molecule has 18 heavy (non-hydrogen) atoms. The zero-order valence-corrected chi connectivity index (χ0v) is 11.8. The van der Waals surface area contributed by atoms with Gasteiger partial charge >= 0.3 is 0 Å². The van der Waals surface area contributed by atoms with E-state index in [1.807, 2.05) is 13.8 Å². The number of nitrogens with one attached hydrogen (secondary N) is 1. The smallest absolute Gasteiger partial charge is 0.0718 e. The molecular weight excluding hydrogens is 228 g/mol. The van der Waals surface area contributed by atoms with Gasteiger partial charge in [-0.15, -0.1) is 0 Å². The maximum atomic E-state index is 9.82. The molecule has 0 saturated carbocycles. The third kappa shape index (κ3) is 4.84. The van der Waals surface area contributed by atoms with Crippen LogP contribution in [0.2, 0.25) is 0 Å². The normalized spacial score (nSPS) is 25.5. The van der Waals surface area contributed by atoms with Crippen LogP contribution in [0.4, 0.5) is 0 Å². The number of β-amino-alcohol motifs (C(OH)–C–C–N with tert-alkyl or cyclic N) is 1. The fourth-order valence-electron chi connectivity index (χ4n) is 2.95. The number of nitrogens with zero attached hydrogens (tertiary/aromatic N) is 1. The van der Waals surface area contributed by atoms with E-state index in [2.05, 4.69) is 10.2 Å². The van der Waals surface area contributed by atoms with E-state index in [-0.39, 0.29) is 0 Å². The Bertz CT molecular complexity index is 239. The Morgan fingerprint density at radius 2 is 1.67 bits per heavy atom. The van der Waals surface area contributed by atoms with Crippen molar-refractivity contribution in [2.75, 3.05) is 32.7 Å². The van der Waals surface area contributed by atoms with Gasteiger partial charge in [-0.05, 0) is 52.6 Å². The molecule has 0 spiro atoms. The van der Waals surface area contributed by atoms with E-state index in [0.717, 1.165) is 58.4 Å². The minimum Gasteiger partial charge on any atom is -0.389 e. The molecule has 0 aromatic carbocycles. The van der Waals surface area contributed by atoms with Crippen molar-refractivity contribution in [1.82, 2.24) is 10.2 Å². The van der Waals surface area contributed by atoms with Crippen molar-refractivity contribution in [3.8, 4) is 0 Å². The lowest BCUT2D eigenvalue weighted by atomic mass is 10.0. The summed E-state index contributed by atoms with van der Waals surface area (Å²) in [6.45, 7) is 8.84. The molecule has 2 rings (SSSR count). The van der Waals surface area contributed by atoms with Gasteiger partial charge in [0.15, 0.2) is 0 Å². The predicted octanol–water partition coefficient (Wildman–Crippen LogP) is 0.990. The van der Waals surface area contributed by atoms with Crippen LogP contribution in [0.15, 0.2) is 0 Å². The lowest BCUT2D eigenvalue weighted by Gasteiger charge is -2.37. The second-order valence-electron chi connectivity index (χ2n) is 6.37. The first-order valence-corrected chi connectivity index (χ1v) is 7.34. The van der Waals surface area contributed by atoms with E-state index < -0.39 is 5.60 Å². The monoisotopic (exact) mass is 256 g/mol. The maximum absolute atomic E-state index is 9.82. The molecule has 2 heterocycles. The highest BCUT2D eigenvalue weighted by Crippen LogP contribution is 2.20. The Morgan fingerprint density at radius 1 is 1.11 bits per heavy atom. The van der Waals surface area contributed by atoms with Crippen molar-refractivity contribution in [3.05, 3.63) is 0 Å². The average molecular weight is 256 g/mol. The van der Waals surface area contributed by atoms with Crippen LogP contribution in [0.1, 0.15) is 39.5 Å². The fourth-order valence-corrected chi connectivity index (χ4v) is 2.95. The molecule has 4 nitrogen and oxygen atoms in total. The lowest BCUT2D eigenvalue weighted by molar-refractivity contribution is -0.0616. The quantitative estimate of drug-likeness (QED) is 0.787. The van der Waals surface area contributed by atoms with Crippen molar-refractivity contribution in [3.63, 3.8) is 0 Å². The van der Waals surface area contributed by atoms with Crippen molar-refractivity contribution in [1.29, 1.82) is 0 Å². The van der Waals surface area contributed by atoms with Crippen molar-refractivity contribution in [2.24, 2.45) is 0 Å². The Morgan fingerprint density at radius 3 is 2.22 bits per heavy atom. The van der Waals surface area contributed by atoms with Gasteiger partial charge in [0, 0.05) is 19.6 Å². The molecule has 2 aliphatic heterocycles. The van der Waals surface area contributed by atoms with Crippen molar-refractivity contribution in [2.45, 2.75) is 57.3 Å². The third-order valence-electron chi connectivity index (χ3n) is 3.82. The summed E-state index contributed by atoms with van der Waals surface area (Å²) >= 11 is 0. The molecule has 106 valence electrons. The third-order valence-corrected chi connectivity index (χ3v) is 3.82. The largest absolute Gasteiger partial charge is 0.389 e. The minimum absolute atomic E-state index is 0.436. The maximum Gasteiger partial charge on any atom is 0.0718 e. The summed E-state index contributed by atoms with van der Waals surface area (Å²) in [4.78, 5) is 2.35. The van der Waals surface area contributed by atoms with Crippen LogP contribution in [0, 0.1) is 0 Å². The van der Waals surface area contributed by atoms with Gasteiger partial charge in [0.25, 0.3) is 0 Å². The summed E-state index contributed by atoms with van der Waals surface area (Å²) in [6, 6.07) is 0. The second-order valence-corrected chi connectivity index (χ2v) is 6.37. The highest BCUT2D eigenvalue weighted by atomic mass is 16.5. The molecule has 0 unspecified atom stereocenters. The molecule has 2 N–H and O–H groups in total. The van der Waals surface area contributed by atoms with Gasteiger partial charge in [0.1, 0.15) is 0 Å². The minimum atomic E-state index is -0.581. The molecule has 2 fully saturated rings. The zero-order valence-electron chi connectivity index (χ0n) is 11.8. The fraction of sp³-hybridized carbons (Fsp3) is 1.00. The van der Waals surface area contributed by atoms with E-state index in [4.69, 9.17) is 4.74 Å². The number of hydrogen-bond acceptors (Lipinski definition) is 4. The Kier molecular flexibility index (Phi) is 5.01. The Labute approximate surface area is 111 Å². The van der Waals surface area contributed by atoms with E-state index in [1.165, 1.54) is 0 Å². The first kappa shape index (κ1) is 14.3. The SMILES string of the molecule is CC(C)(O)CN1CCC(OC2CCNCC2)CC1. The van der Waals surface area contributed by atoms with E-state index in [1.54, 1.807) is 0 Å². The van der Waals surface area contributed by atoms with Gasteiger partial charge in [-0.1, -0.05) is 0 Å². The van der Waals surface area contributed by atoms with Crippen LogP contribution in [0.3, 0.4) is 0 Å². The molecule has 0 aromatic rings. The van der Waals surface area contributed by atoms with E-state index >= 15 is 0 Å². The summed E-state index contributed by atoms with van der Waals surface area (Å²) in [5, 5.41) is 13.2. The van der Waals surface area contributed by atoms with Crippen LogP contribution in [0.25, 0.3) is 0 Å². The van der Waals surface area contributed by atoms with Crippen LogP contribution in [0.5, 0.6) is 0 Å². The first-order valence-electron chi connectivity index (χ1n) is 7.34. The van der Waals surface area contributed by atoms with E-state index in [0.29, 0.717) is 12.2 Å². The number of likely N-dealkylation sites (tertiary alicyclic amines) is 1. The molecule has 2 saturated heterocycles. The van der Waals surface area contributed by atoms with Crippen LogP contribution < -0.4 is 5.32 Å². The van der Waals surface area contributed by atoms with Crippen molar-refractivity contribution < 1.29 is 9.84 Å². The lowest BCUT2D eigenvalue weighted by Crippen LogP contribution is -2.45. The van der Waals surface area contributed by atoms with Crippen LogP contribution in [-0.2, 0) is 4.74 Å². The molecule has 0 aromatic heterocycles. The average Bonchev–Trinajstić information content (AvgIpc) is 2.31. The highest BCUT2D eigenvalue weighted by Gasteiger charge is 2.26. The number of piperidine rings is 2. The topological polar surface area (TPSA) is 44.7 Å². The van der Waals surface area contributed by atoms with Gasteiger partial charge in [-0.2, -0.15) is 0 Å². The molecule has 0 aliphatic carbocycles. The van der Waals surface area contributed by atoms with Crippen LogP contribution >= 0.6 is 0 Å². The summed E-state index contributed by atoms with van der Waals surface area (Å²) in [7, 11) is 0. The molecule has 2 aliphatic rings. The molecule has 4 heteroatoms. The number of aliphatic hydroxyl groups is 1. The van der Waals surface area contributed by atoms with Gasteiger partial charge < -0.3 is 20.1 Å². The zero-order chi connectivity index (χ0) is 13.0. The van der Waals surface area contributed by atoms with E-state index in [9.17, 15) is 5.11 Å². The summed E-state index contributed by atoms with van der Waals surface area (Å²) in [5.41, 5.74) is -0.581. The van der Waals surface area contributed by atoms with Gasteiger partial charge in [-0.3, -0.25) is 0 Å². The summed E-state index contributed by atoms with van der Waals surface area (Å²) in [6.07, 6.45) is 5.44. The van der Waals surface area contributed by atoms with Gasteiger partial charge in [0.2, 0.25) is 0 Å². The molecule has 0 bridgehead atoms. The molecule has 0 amide bonds. The van der Waals surface area contributed by atoms with Gasteiger partial charge in [-0.25, -0.2) is 0 Å². The molecule has 0 atom stereocenters. The Hall–Kier alpha value is -0.160.